The Morgan fingerprint density at radius 1 is 1.56 bits per heavy atom. The van der Waals surface area contributed by atoms with Gasteiger partial charge in [-0.3, -0.25) is 0 Å². The lowest BCUT2D eigenvalue weighted by Gasteiger charge is -2.19. The van der Waals surface area contributed by atoms with Gasteiger partial charge in [-0.1, -0.05) is 5.57 Å². The van der Waals surface area contributed by atoms with Gasteiger partial charge in [0.2, 0.25) is 0 Å². The fourth-order valence-electron chi connectivity index (χ4n) is 1.28. The zero-order valence-corrected chi connectivity index (χ0v) is 5.64. The second-order valence-corrected chi connectivity index (χ2v) is 2.68. The Morgan fingerprint density at radius 3 is 2.78 bits per heavy atom. The third-order valence-corrected chi connectivity index (χ3v) is 1.83. The van der Waals surface area contributed by atoms with E-state index < -0.39 is 0 Å². The van der Waals surface area contributed by atoms with E-state index in [-0.39, 0.29) is 0 Å². The molecule has 9 heavy (non-hydrogen) atoms. The van der Waals surface area contributed by atoms with Gasteiger partial charge in [-0.2, -0.15) is 0 Å². The SMILES string of the molecule is N/C=C1/CCCC(N)C1. The maximum absolute atomic E-state index is 5.70. The van der Waals surface area contributed by atoms with Crippen LogP contribution in [0.5, 0.6) is 0 Å². The molecule has 0 radical (unpaired) electrons. The molecule has 0 aliphatic heterocycles. The largest absolute Gasteiger partial charge is 0.405 e. The van der Waals surface area contributed by atoms with Crippen molar-refractivity contribution in [2.24, 2.45) is 11.5 Å². The summed E-state index contributed by atoms with van der Waals surface area (Å²) in [6.07, 6.45) is 6.25. The van der Waals surface area contributed by atoms with E-state index in [2.05, 4.69) is 0 Å². The summed E-state index contributed by atoms with van der Waals surface area (Å²) < 4.78 is 0. The van der Waals surface area contributed by atoms with Crippen LogP contribution in [-0.2, 0) is 0 Å². The van der Waals surface area contributed by atoms with Gasteiger partial charge >= 0.3 is 0 Å². The second-order valence-electron chi connectivity index (χ2n) is 2.68. The topological polar surface area (TPSA) is 52.0 Å². The van der Waals surface area contributed by atoms with Gasteiger partial charge in [-0.15, -0.1) is 0 Å². The summed E-state index contributed by atoms with van der Waals surface area (Å²) in [6, 6.07) is 0.369. The summed E-state index contributed by atoms with van der Waals surface area (Å²) in [4.78, 5) is 0. The molecule has 0 saturated heterocycles. The van der Waals surface area contributed by atoms with Crippen molar-refractivity contribution in [1.29, 1.82) is 0 Å². The van der Waals surface area contributed by atoms with Gasteiger partial charge in [0.05, 0.1) is 0 Å². The van der Waals surface area contributed by atoms with Gasteiger partial charge in [-0.25, -0.2) is 0 Å². The first-order valence-electron chi connectivity index (χ1n) is 3.48. The highest BCUT2D eigenvalue weighted by Crippen LogP contribution is 2.20. The highest BCUT2D eigenvalue weighted by Gasteiger charge is 2.11. The zero-order chi connectivity index (χ0) is 6.69. The first-order chi connectivity index (χ1) is 4.33. The third-order valence-electron chi connectivity index (χ3n) is 1.83. The fourth-order valence-corrected chi connectivity index (χ4v) is 1.28. The van der Waals surface area contributed by atoms with Crippen molar-refractivity contribution in [3.63, 3.8) is 0 Å². The lowest BCUT2D eigenvalue weighted by Crippen LogP contribution is -2.24. The highest BCUT2D eigenvalue weighted by atomic mass is 14.6. The standard InChI is InChI=1S/C7H14N2/c8-5-6-2-1-3-7(9)4-6/h5,7H,1-4,8-9H2/b6-5-. The molecule has 4 N–H and O–H groups in total. The van der Waals surface area contributed by atoms with Crippen LogP contribution in [0, 0.1) is 0 Å². The normalized spacial score (nSPS) is 33.0. The maximum atomic E-state index is 5.70. The van der Waals surface area contributed by atoms with E-state index in [1.54, 1.807) is 6.20 Å². The van der Waals surface area contributed by atoms with Crippen LogP contribution in [0.3, 0.4) is 0 Å². The number of nitrogens with two attached hydrogens (primary N) is 2. The molecule has 0 bridgehead atoms. The van der Waals surface area contributed by atoms with E-state index >= 15 is 0 Å². The van der Waals surface area contributed by atoms with E-state index in [1.807, 2.05) is 0 Å². The Hall–Kier alpha value is -0.500. The van der Waals surface area contributed by atoms with Crippen LogP contribution in [0.15, 0.2) is 11.8 Å². The van der Waals surface area contributed by atoms with Gasteiger partial charge in [0.1, 0.15) is 0 Å². The zero-order valence-electron chi connectivity index (χ0n) is 5.64. The Bertz CT molecular complexity index is 118. The van der Waals surface area contributed by atoms with Crippen LogP contribution in [0.4, 0.5) is 0 Å². The van der Waals surface area contributed by atoms with Crippen LogP contribution in [-0.4, -0.2) is 6.04 Å². The molecule has 1 rings (SSSR count). The summed E-state index contributed by atoms with van der Waals surface area (Å²) >= 11 is 0. The minimum atomic E-state index is 0.369. The maximum Gasteiger partial charge on any atom is 0.00768 e. The molecule has 2 heteroatoms. The van der Waals surface area contributed by atoms with Crippen molar-refractivity contribution in [1.82, 2.24) is 0 Å². The first kappa shape index (κ1) is 6.62. The van der Waals surface area contributed by atoms with E-state index in [4.69, 9.17) is 11.5 Å². The van der Waals surface area contributed by atoms with Crippen molar-refractivity contribution in [3.8, 4) is 0 Å². The van der Waals surface area contributed by atoms with E-state index in [0.717, 1.165) is 19.3 Å². The molecular weight excluding hydrogens is 112 g/mol. The molecule has 1 aliphatic carbocycles. The lowest BCUT2D eigenvalue weighted by atomic mass is 9.92. The van der Waals surface area contributed by atoms with Crippen molar-refractivity contribution >= 4 is 0 Å². The van der Waals surface area contributed by atoms with Crippen LogP contribution in [0.2, 0.25) is 0 Å². The molecule has 1 unspecified atom stereocenters. The van der Waals surface area contributed by atoms with Gasteiger partial charge in [0.15, 0.2) is 0 Å². The van der Waals surface area contributed by atoms with Crippen molar-refractivity contribution in [2.75, 3.05) is 0 Å². The quantitative estimate of drug-likeness (QED) is 0.502. The minimum Gasteiger partial charge on any atom is -0.405 e. The minimum absolute atomic E-state index is 0.369. The molecule has 1 aliphatic rings. The average molecular weight is 126 g/mol. The van der Waals surface area contributed by atoms with Crippen molar-refractivity contribution in [3.05, 3.63) is 11.8 Å². The van der Waals surface area contributed by atoms with Gasteiger partial charge in [0.25, 0.3) is 0 Å². The summed E-state index contributed by atoms with van der Waals surface area (Å²) in [6.45, 7) is 0. The predicted octanol–water partition coefficient (Wildman–Crippen LogP) is 0.730. The second kappa shape index (κ2) is 2.87. The number of hydrogen-bond acceptors (Lipinski definition) is 2. The number of hydrogen-bond donors (Lipinski definition) is 2. The highest BCUT2D eigenvalue weighted by molar-refractivity contribution is 5.04. The molecule has 52 valence electrons. The fraction of sp³-hybridized carbons (Fsp3) is 0.714. The molecule has 0 amide bonds. The van der Waals surface area contributed by atoms with E-state index in [9.17, 15) is 0 Å². The molecule has 1 saturated carbocycles. The van der Waals surface area contributed by atoms with Crippen LogP contribution in [0.25, 0.3) is 0 Å². The summed E-state index contributed by atoms with van der Waals surface area (Å²) in [7, 11) is 0. The van der Waals surface area contributed by atoms with E-state index in [1.165, 1.54) is 12.0 Å². The molecule has 0 spiro atoms. The van der Waals surface area contributed by atoms with E-state index in [0.29, 0.717) is 6.04 Å². The Balaban J connectivity index is 2.41. The van der Waals surface area contributed by atoms with Crippen LogP contribution >= 0.6 is 0 Å². The smallest absolute Gasteiger partial charge is 0.00768 e. The molecule has 2 nitrogen and oxygen atoms in total. The average Bonchev–Trinajstić information content (AvgIpc) is 1.88. The molecular formula is C7H14N2. The summed E-state index contributed by atoms with van der Waals surface area (Å²) in [5.74, 6) is 0. The molecule has 0 heterocycles. The lowest BCUT2D eigenvalue weighted by molar-refractivity contribution is 0.517. The Kier molecular flexibility index (Phi) is 2.11. The predicted molar refractivity (Wildman–Crippen MR) is 38.7 cm³/mol. The van der Waals surface area contributed by atoms with Gasteiger partial charge in [-0.05, 0) is 31.9 Å². The van der Waals surface area contributed by atoms with Crippen LogP contribution < -0.4 is 11.5 Å². The molecule has 0 aromatic rings. The van der Waals surface area contributed by atoms with Crippen molar-refractivity contribution in [2.45, 2.75) is 31.7 Å². The van der Waals surface area contributed by atoms with Crippen molar-refractivity contribution < 1.29 is 0 Å². The Labute approximate surface area is 55.9 Å². The molecule has 0 aromatic heterocycles. The molecule has 0 aromatic carbocycles. The first-order valence-corrected chi connectivity index (χ1v) is 3.48. The molecule has 1 fully saturated rings. The monoisotopic (exact) mass is 126 g/mol. The van der Waals surface area contributed by atoms with Gasteiger partial charge < -0.3 is 11.5 Å². The third kappa shape index (κ3) is 1.72. The van der Waals surface area contributed by atoms with Gasteiger partial charge in [0, 0.05) is 6.04 Å². The Morgan fingerprint density at radius 2 is 2.33 bits per heavy atom. The number of rotatable bonds is 0. The summed E-state index contributed by atoms with van der Waals surface area (Å²) in [5, 5.41) is 0. The van der Waals surface area contributed by atoms with Crippen LogP contribution in [0.1, 0.15) is 25.7 Å². The summed E-state index contributed by atoms with van der Waals surface area (Å²) in [5.41, 5.74) is 12.4. The molecule has 1 atom stereocenters.